The first-order valence-corrected chi connectivity index (χ1v) is 6.51. The van der Waals surface area contributed by atoms with Crippen LogP contribution in [0.2, 0.25) is 5.02 Å². The molecular formula is C14H16ClFN2. The molecule has 0 saturated heterocycles. The highest BCUT2D eigenvalue weighted by Crippen LogP contribution is 2.39. The summed E-state index contributed by atoms with van der Waals surface area (Å²) in [7, 11) is 4.14. The molecule has 1 aliphatic heterocycles. The summed E-state index contributed by atoms with van der Waals surface area (Å²) >= 11 is 6.04. The molecule has 1 aromatic carbocycles. The Bertz CT molecular complexity index is 618. The van der Waals surface area contributed by atoms with Crippen molar-refractivity contribution in [2.24, 2.45) is 0 Å². The number of hydrogen-bond donors (Lipinski definition) is 0. The number of aromatic nitrogens is 1. The molecule has 18 heavy (non-hydrogen) atoms. The van der Waals surface area contributed by atoms with E-state index in [1.165, 1.54) is 0 Å². The van der Waals surface area contributed by atoms with Crippen LogP contribution < -0.4 is 0 Å². The molecule has 2 heterocycles. The van der Waals surface area contributed by atoms with Gasteiger partial charge in [-0.15, -0.1) is 0 Å². The number of halogens is 2. The lowest BCUT2D eigenvalue weighted by Gasteiger charge is -2.35. The van der Waals surface area contributed by atoms with Crippen LogP contribution >= 0.6 is 11.6 Å². The fraction of sp³-hybridized carbons (Fsp3) is 0.429. The van der Waals surface area contributed by atoms with Gasteiger partial charge < -0.3 is 9.47 Å². The van der Waals surface area contributed by atoms with Crippen LogP contribution in [0.1, 0.15) is 18.4 Å². The molecule has 0 unspecified atom stereocenters. The minimum Gasteiger partial charge on any atom is -0.346 e. The van der Waals surface area contributed by atoms with E-state index in [-0.39, 0.29) is 10.8 Å². The molecule has 4 heteroatoms. The van der Waals surface area contributed by atoms with Crippen molar-refractivity contribution in [3.05, 3.63) is 34.7 Å². The summed E-state index contributed by atoms with van der Waals surface area (Å²) in [5, 5.41) is 1.07. The Balaban J connectivity index is 2.29. The zero-order chi connectivity index (χ0) is 13.0. The summed E-state index contributed by atoms with van der Waals surface area (Å²) in [6.07, 6.45) is 2.00. The van der Waals surface area contributed by atoms with Gasteiger partial charge in [0, 0.05) is 30.1 Å². The fourth-order valence-electron chi connectivity index (χ4n) is 3.04. The van der Waals surface area contributed by atoms with Crippen LogP contribution in [-0.2, 0) is 6.54 Å². The standard InChI is InChI=1S/C14H16ClFN2/c1-8-10-6-11(16)13(15)9-4-5-18(14(9)10)7-12(8)17(2)3/h4-6,8,12H,7H2,1-3H3/t8-,12+/m0/s1. The topological polar surface area (TPSA) is 8.17 Å². The minimum absolute atomic E-state index is 0.239. The Labute approximate surface area is 111 Å². The maximum Gasteiger partial charge on any atom is 0.142 e. The molecule has 3 rings (SSSR count). The van der Waals surface area contributed by atoms with E-state index in [1.54, 1.807) is 6.07 Å². The molecular weight excluding hydrogens is 251 g/mol. The van der Waals surface area contributed by atoms with Gasteiger partial charge in [-0.3, -0.25) is 0 Å². The van der Waals surface area contributed by atoms with Crippen molar-refractivity contribution in [3.8, 4) is 0 Å². The lowest BCUT2D eigenvalue weighted by Crippen LogP contribution is -2.39. The van der Waals surface area contributed by atoms with Crippen LogP contribution in [0.4, 0.5) is 4.39 Å². The van der Waals surface area contributed by atoms with Crippen LogP contribution in [0.5, 0.6) is 0 Å². The first-order valence-electron chi connectivity index (χ1n) is 6.14. The average molecular weight is 267 g/mol. The van der Waals surface area contributed by atoms with Gasteiger partial charge in [-0.1, -0.05) is 18.5 Å². The largest absolute Gasteiger partial charge is 0.346 e. The van der Waals surface area contributed by atoms with Crippen molar-refractivity contribution in [1.29, 1.82) is 0 Å². The molecule has 0 spiro atoms. The van der Waals surface area contributed by atoms with Crippen LogP contribution in [-0.4, -0.2) is 29.6 Å². The lowest BCUT2D eigenvalue weighted by molar-refractivity contribution is 0.228. The van der Waals surface area contributed by atoms with Gasteiger partial charge in [-0.2, -0.15) is 0 Å². The van der Waals surface area contributed by atoms with E-state index in [9.17, 15) is 4.39 Å². The van der Waals surface area contributed by atoms with E-state index in [2.05, 4.69) is 30.5 Å². The van der Waals surface area contributed by atoms with E-state index in [4.69, 9.17) is 11.6 Å². The lowest BCUT2D eigenvalue weighted by atomic mass is 9.88. The van der Waals surface area contributed by atoms with Gasteiger partial charge in [0.2, 0.25) is 0 Å². The number of likely N-dealkylation sites (N-methyl/N-ethyl adjacent to an activating group) is 1. The third-order valence-corrected chi connectivity index (χ3v) is 4.46. The number of nitrogens with zero attached hydrogens (tertiary/aromatic N) is 2. The molecule has 0 saturated carbocycles. The van der Waals surface area contributed by atoms with E-state index < -0.39 is 0 Å². The van der Waals surface area contributed by atoms with Crippen LogP contribution in [0.3, 0.4) is 0 Å². The van der Waals surface area contributed by atoms with Crippen LogP contribution in [0.15, 0.2) is 18.3 Å². The second-order valence-corrected chi connectivity index (χ2v) is 5.69. The third kappa shape index (κ3) is 1.50. The summed E-state index contributed by atoms with van der Waals surface area (Å²) in [6.45, 7) is 3.08. The van der Waals surface area contributed by atoms with Crippen molar-refractivity contribution >= 4 is 22.5 Å². The maximum absolute atomic E-state index is 13.9. The molecule has 2 nitrogen and oxygen atoms in total. The van der Waals surface area contributed by atoms with Gasteiger partial charge in [0.25, 0.3) is 0 Å². The van der Waals surface area contributed by atoms with Gasteiger partial charge in [0.05, 0.1) is 10.5 Å². The van der Waals surface area contributed by atoms with Crippen molar-refractivity contribution in [2.75, 3.05) is 14.1 Å². The monoisotopic (exact) mass is 266 g/mol. The van der Waals surface area contributed by atoms with E-state index in [0.29, 0.717) is 12.0 Å². The van der Waals surface area contributed by atoms with Gasteiger partial charge in [-0.25, -0.2) is 4.39 Å². The summed E-state index contributed by atoms with van der Waals surface area (Å²) in [4.78, 5) is 2.20. The average Bonchev–Trinajstić information content (AvgIpc) is 2.73. The zero-order valence-corrected chi connectivity index (χ0v) is 11.5. The Morgan fingerprint density at radius 2 is 2.17 bits per heavy atom. The Morgan fingerprint density at radius 3 is 2.83 bits per heavy atom. The minimum atomic E-state index is -0.317. The molecule has 0 fully saturated rings. The maximum atomic E-state index is 13.9. The van der Waals surface area contributed by atoms with Gasteiger partial charge in [0.15, 0.2) is 0 Å². The van der Waals surface area contributed by atoms with Crippen molar-refractivity contribution < 1.29 is 4.39 Å². The van der Waals surface area contributed by atoms with Crippen LogP contribution in [0.25, 0.3) is 10.9 Å². The number of hydrogen-bond acceptors (Lipinski definition) is 1. The van der Waals surface area contributed by atoms with E-state index in [1.807, 2.05) is 12.3 Å². The highest BCUT2D eigenvalue weighted by Gasteiger charge is 2.30. The quantitative estimate of drug-likeness (QED) is 0.767. The van der Waals surface area contributed by atoms with Gasteiger partial charge in [0.1, 0.15) is 5.82 Å². The summed E-state index contributed by atoms with van der Waals surface area (Å²) < 4.78 is 16.1. The molecule has 1 aromatic heterocycles. The second kappa shape index (κ2) is 3.97. The molecule has 0 N–H and O–H groups in total. The van der Waals surface area contributed by atoms with Crippen molar-refractivity contribution in [2.45, 2.75) is 25.4 Å². The van der Waals surface area contributed by atoms with Gasteiger partial charge >= 0.3 is 0 Å². The summed E-state index contributed by atoms with van der Waals surface area (Å²) in [5.74, 6) is -0.0140. The molecule has 2 atom stereocenters. The summed E-state index contributed by atoms with van der Waals surface area (Å²) in [6, 6.07) is 3.89. The first kappa shape index (κ1) is 12.0. The molecule has 2 aromatic rings. The molecule has 0 bridgehead atoms. The van der Waals surface area contributed by atoms with Crippen molar-refractivity contribution in [3.63, 3.8) is 0 Å². The predicted molar refractivity (Wildman–Crippen MR) is 72.8 cm³/mol. The SMILES string of the molecule is C[C@H]1c2cc(F)c(Cl)c3ccn(c23)C[C@H]1N(C)C. The molecule has 0 radical (unpaired) electrons. The number of benzene rings is 1. The summed E-state index contributed by atoms with van der Waals surface area (Å²) in [5.41, 5.74) is 2.15. The van der Waals surface area contributed by atoms with Crippen molar-refractivity contribution in [1.82, 2.24) is 9.47 Å². The Hall–Kier alpha value is -1.06. The molecule has 0 aliphatic carbocycles. The van der Waals surface area contributed by atoms with Crippen LogP contribution in [0, 0.1) is 5.82 Å². The normalized spacial score (nSPS) is 23.0. The highest BCUT2D eigenvalue weighted by molar-refractivity contribution is 6.35. The Morgan fingerprint density at radius 1 is 1.44 bits per heavy atom. The second-order valence-electron chi connectivity index (χ2n) is 5.31. The van der Waals surface area contributed by atoms with E-state index in [0.717, 1.165) is 23.0 Å². The smallest absolute Gasteiger partial charge is 0.142 e. The third-order valence-electron chi connectivity index (χ3n) is 4.08. The highest BCUT2D eigenvalue weighted by atomic mass is 35.5. The molecule has 1 aliphatic rings. The number of rotatable bonds is 1. The first-order chi connectivity index (χ1) is 8.50. The predicted octanol–water partition coefficient (Wildman–Crippen LogP) is 3.48. The molecule has 96 valence electrons. The zero-order valence-electron chi connectivity index (χ0n) is 10.7. The fourth-order valence-corrected chi connectivity index (χ4v) is 3.25. The van der Waals surface area contributed by atoms with E-state index >= 15 is 0 Å². The van der Waals surface area contributed by atoms with Gasteiger partial charge in [-0.05, 0) is 31.8 Å². The Kier molecular flexibility index (Phi) is 2.65. The molecule has 0 amide bonds.